The number of ether oxygens (including phenoxy) is 1. The van der Waals surface area contributed by atoms with Gasteiger partial charge in [-0.1, -0.05) is 29.4 Å². The van der Waals surface area contributed by atoms with Crippen LogP contribution in [0.5, 0.6) is 0 Å². The van der Waals surface area contributed by atoms with Crippen molar-refractivity contribution in [2.24, 2.45) is 0 Å². The standard InChI is InChI=1S/C15H18N2O2/c1-18-15(8-9-15)7-6-11-2-4-12(5-3-11)13-10-14(16)17-19-13/h2-5,10H,6-9H2,1H3,(H2,16,17). The molecule has 1 aromatic carbocycles. The fourth-order valence-corrected chi connectivity index (χ4v) is 2.33. The summed E-state index contributed by atoms with van der Waals surface area (Å²) in [5.74, 6) is 1.12. The fourth-order valence-electron chi connectivity index (χ4n) is 2.33. The van der Waals surface area contributed by atoms with Crippen molar-refractivity contribution < 1.29 is 9.26 Å². The first-order chi connectivity index (χ1) is 9.21. The minimum absolute atomic E-state index is 0.165. The van der Waals surface area contributed by atoms with Crippen molar-refractivity contribution in [2.75, 3.05) is 12.8 Å². The molecule has 0 unspecified atom stereocenters. The first-order valence-electron chi connectivity index (χ1n) is 6.57. The summed E-state index contributed by atoms with van der Waals surface area (Å²) in [6, 6.07) is 10.1. The van der Waals surface area contributed by atoms with Gasteiger partial charge in [0.2, 0.25) is 0 Å². The number of rotatable bonds is 5. The van der Waals surface area contributed by atoms with Crippen LogP contribution >= 0.6 is 0 Å². The Hall–Kier alpha value is -1.81. The van der Waals surface area contributed by atoms with Gasteiger partial charge in [0.05, 0.1) is 5.60 Å². The third-order valence-electron chi connectivity index (χ3n) is 3.88. The predicted octanol–water partition coefficient (Wildman–Crippen LogP) is 3.04. The molecule has 0 saturated heterocycles. The smallest absolute Gasteiger partial charge is 0.169 e. The molecule has 100 valence electrons. The molecule has 0 atom stereocenters. The molecule has 4 nitrogen and oxygen atoms in total. The highest BCUT2D eigenvalue weighted by Crippen LogP contribution is 2.42. The molecule has 1 aliphatic rings. The van der Waals surface area contributed by atoms with Gasteiger partial charge in [-0.3, -0.25) is 0 Å². The quantitative estimate of drug-likeness (QED) is 0.895. The molecule has 0 aliphatic heterocycles. The zero-order valence-electron chi connectivity index (χ0n) is 11.1. The van der Waals surface area contributed by atoms with Crippen molar-refractivity contribution in [3.63, 3.8) is 0 Å². The summed E-state index contributed by atoms with van der Waals surface area (Å²) in [7, 11) is 1.81. The number of benzene rings is 1. The van der Waals surface area contributed by atoms with Crippen LogP contribution in [0.25, 0.3) is 11.3 Å². The summed E-state index contributed by atoms with van der Waals surface area (Å²) in [5.41, 5.74) is 8.03. The molecule has 4 heteroatoms. The molecule has 1 saturated carbocycles. The second-order valence-electron chi connectivity index (χ2n) is 5.20. The number of aryl methyl sites for hydroxylation is 1. The van der Waals surface area contributed by atoms with E-state index in [0.717, 1.165) is 18.4 Å². The molecule has 0 spiro atoms. The minimum atomic E-state index is 0.165. The van der Waals surface area contributed by atoms with Crippen LogP contribution in [-0.2, 0) is 11.2 Å². The number of nitrogens with zero attached hydrogens (tertiary/aromatic N) is 1. The van der Waals surface area contributed by atoms with E-state index in [1.54, 1.807) is 6.07 Å². The molecular weight excluding hydrogens is 240 g/mol. The van der Waals surface area contributed by atoms with Crippen molar-refractivity contribution in [1.82, 2.24) is 5.16 Å². The average Bonchev–Trinajstić information content (AvgIpc) is 3.11. The van der Waals surface area contributed by atoms with Gasteiger partial charge >= 0.3 is 0 Å². The number of nitrogens with two attached hydrogens (primary N) is 1. The van der Waals surface area contributed by atoms with Crippen molar-refractivity contribution in [2.45, 2.75) is 31.3 Å². The number of methoxy groups -OCH3 is 1. The molecule has 1 aromatic heterocycles. The Labute approximate surface area is 112 Å². The highest BCUT2D eigenvalue weighted by Gasteiger charge is 2.42. The molecule has 19 heavy (non-hydrogen) atoms. The van der Waals surface area contributed by atoms with Gasteiger partial charge in [-0.2, -0.15) is 0 Å². The van der Waals surface area contributed by atoms with Crippen LogP contribution in [-0.4, -0.2) is 17.9 Å². The van der Waals surface area contributed by atoms with Crippen LogP contribution in [0.3, 0.4) is 0 Å². The summed E-state index contributed by atoms with van der Waals surface area (Å²) in [6.07, 6.45) is 4.53. The Morgan fingerprint density at radius 3 is 2.58 bits per heavy atom. The molecule has 1 heterocycles. The van der Waals surface area contributed by atoms with E-state index in [-0.39, 0.29) is 5.60 Å². The van der Waals surface area contributed by atoms with Crippen LogP contribution in [0.2, 0.25) is 0 Å². The topological polar surface area (TPSA) is 61.3 Å². The largest absolute Gasteiger partial charge is 0.381 e. The van der Waals surface area contributed by atoms with Crippen LogP contribution in [0, 0.1) is 0 Å². The third kappa shape index (κ3) is 2.63. The predicted molar refractivity (Wildman–Crippen MR) is 73.6 cm³/mol. The van der Waals surface area contributed by atoms with Gasteiger partial charge < -0.3 is 15.0 Å². The van der Waals surface area contributed by atoms with E-state index in [1.165, 1.54) is 18.4 Å². The Bertz CT molecular complexity index is 556. The molecule has 2 N–H and O–H groups in total. The van der Waals surface area contributed by atoms with Gasteiger partial charge in [0.25, 0.3) is 0 Å². The van der Waals surface area contributed by atoms with Gasteiger partial charge in [-0.25, -0.2) is 0 Å². The third-order valence-corrected chi connectivity index (χ3v) is 3.88. The number of anilines is 1. The number of hydrogen-bond acceptors (Lipinski definition) is 4. The van der Waals surface area contributed by atoms with Gasteiger partial charge in [-0.05, 0) is 31.2 Å². The molecule has 0 bridgehead atoms. The minimum Gasteiger partial charge on any atom is -0.381 e. The maximum atomic E-state index is 5.54. The maximum absolute atomic E-state index is 5.54. The van der Waals surface area contributed by atoms with Crippen molar-refractivity contribution in [3.05, 3.63) is 35.9 Å². The number of nitrogen functional groups attached to an aromatic ring is 1. The van der Waals surface area contributed by atoms with E-state index in [2.05, 4.69) is 17.3 Å². The molecule has 3 rings (SSSR count). The lowest BCUT2D eigenvalue weighted by Crippen LogP contribution is -2.12. The normalized spacial score (nSPS) is 16.5. The van der Waals surface area contributed by atoms with Gasteiger partial charge in [0.15, 0.2) is 11.6 Å². The van der Waals surface area contributed by atoms with Crippen LogP contribution in [0.1, 0.15) is 24.8 Å². The van der Waals surface area contributed by atoms with Crippen molar-refractivity contribution in [3.8, 4) is 11.3 Å². The van der Waals surface area contributed by atoms with E-state index >= 15 is 0 Å². The molecule has 1 fully saturated rings. The lowest BCUT2D eigenvalue weighted by molar-refractivity contribution is 0.0731. The highest BCUT2D eigenvalue weighted by atomic mass is 16.5. The molecule has 0 amide bonds. The zero-order chi connectivity index (χ0) is 13.3. The Balaban J connectivity index is 1.65. The van der Waals surface area contributed by atoms with E-state index in [1.807, 2.05) is 19.2 Å². The summed E-state index contributed by atoms with van der Waals surface area (Å²) in [6.45, 7) is 0. The van der Waals surface area contributed by atoms with Crippen molar-refractivity contribution >= 4 is 5.82 Å². The highest BCUT2D eigenvalue weighted by molar-refractivity contribution is 5.60. The molecular formula is C15H18N2O2. The Morgan fingerprint density at radius 1 is 1.32 bits per heavy atom. The Kier molecular flexibility index (Phi) is 3.03. The molecule has 2 aromatic rings. The van der Waals surface area contributed by atoms with Gasteiger partial charge in [0, 0.05) is 18.7 Å². The monoisotopic (exact) mass is 258 g/mol. The van der Waals surface area contributed by atoms with E-state index < -0.39 is 0 Å². The number of hydrogen-bond donors (Lipinski definition) is 1. The van der Waals surface area contributed by atoms with E-state index in [9.17, 15) is 0 Å². The lowest BCUT2D eigenvalue weighted by atomic mass is 10.0. The van der Waals surface area contributed by atoms with Gasteiger partial charge in [-0.15, -0.1) is 0 Å². The van der Waals surface area contributed by atoms with Crippen molar-refractivity contribution in [1.29, 1.82) is 0 Å². The van der Waals surface area contributed by atoms with E-state index in [0.29, 0.717) is 11.6 Å². The maximum Gasteiger partial charge on any atom is 0.169 e. The SMILES string of the molecule is COC1(CCc2ccc(-c3cc(N)no3)cc2)CC1. The summed E-state index contributed by atoms with van der Waals surface area (Å²) in [5, 5.41) is 3.69. The first-order valence-corrected chi connectivity index (χ1v) is 6.57. The Morgan fingerprint density at radius 2 is 2.05 bits per heavy atom. The van der Waals surface area contributed by atoms with Gasteiger partial charge in [0.1, 0.15) is 0 Å². The average molecular weight is 258 g/mol. The number of aromatic nitrogens is 1. The van der Waals surface area contributed by atoms with Crippen LogP contribution < -0.4 is 5.73 Å². The summed E-state index contributed by atoms with van der Waals surface area (Å²) >= 11 is 0. The molecule has 0 radical (unpaired) electrons. The zero-order valence-corrected chi connectivity index (χ0v) is 11.1. The summed E-state index contributed by atoms with van der Waals surface area (Å²) < 4.78 is 10.7. The van der Waals surface area contributed by atoms with Crippen LogP contribution in [0.4, 0.5) is 5.82 Å². The molecule has 1 aliphatic carbocycles. The van der Waals surface area contributed by atoms with Crippen LogP contribution in [0.15, 0.2) is 34.9 Å². The summed E-state index contributed by atoms with van der Waals surface area (Å²) in [4.78, 5) is 0. The first kappa shape index (κ1) is 12.2. The fraction of sp³-hybridized carbons (Fsp3) is 0.400. The van der Waals surface area contributed by atoms with E-state index in [4.69, 9.17) is 15.0 Å². The second-order valence-corrected chi connectivity index (χ2v) is 5.20. The second kappa shape index (κ2) is 4.70. The lowest BCUT2D eigenvalue weighted by Gasteiger charge is -2.12.